The summed E-state index contributed by atoms with van der Waals surface area (Å²) < 4.78 is 6.51. The lowest BCUT2D eigenvalue weighted by molar-refractivity contribution is -0.117. The van der Waals surface area contributed by atoms with Crippen molar-refractivity contribution in [3.05, 3.63) is 87.1 Å². The molecular weight excluding hydrogens is 460 g/mol. The van der Waals surface area contributed by atoms with Crippen molar-refractivity contribution >= 4 is 51.3 Å². The van der Waals surface area contributed by atoms with Crippen LogP contribution in [0, 0.1) is 11.3 Å². The molecule has 0 aliphatic rings. The molecule has 4 nitrogen and oxygen atoms in total. The van der Waals surface area contributed by atoms with E-state index >= 15 is 0 Å². The fraction of sp³-hybridized carbons (Fsp3) is 0.0476. The Labute approximate surface area is 180 Å². The molecule has 28 heavy (non-hydrogen) atoms. The van der Waals surface area contributed by atoms with Gasteiger partial charge >= 0.3 is 0 Å². The third-order valence-electron chi connectivity index (χ3n) is 3.65. The molecule has 3 rings (SSSR count). The van der Waals surface area contributed by atoms with Crippen molar-refractivity contribution in [1.82, 2.24) is 5.32 Å². The number of hydrogen-bond donors (Lipinski definition) is 1. The molecular formula is C21H14BrClN2O2S. The number of nitriles is 1. The summed E-state index contributed by atoms with van der Waals surface area (Å²) in [5.74, 6) is -0.0412. The number of hydrogen-bond acceptors (Lipinski definition) is 4. The van der Waals surface area contributed by atoms with Crippen LogP contribution in [-0.4, -0.2) is 5.91 Å². The third-order valence-corrected chi connectivity index (χ3v) is 5.75. The Morgan fingerprint density at radius 1 is 1.21 bits per heavy atom. The molecule has 2 aromatic carbocycles. The fourth-order valence-corrected chi connectivity index (χ4v) is 3.74. The number of furan rings is 1. The molecule has 0 saturated carbocycles. The van der Waals surface area contributed by atoms with Gasteiger partial charge in [0, 0.05) is 22.5 Å². The van der Waals surface area contributed by atoms with E-state index in [2.05, 4.69) is 21.2 Å². The third kappa shape index (κ3) is 5.52. The van der Waals surface area contributed by atoms with E-state index in [1.165, 1.54) is 17.8 Å². The molecule has 0 saturated heterocycles. The maximum Gasteiger partial charge on any atom is 0.262 e. The van der Waals surface area contributed by atoms with E-state index in [-0.39, 0.29) is 5.57 Å². The van der Waals surface area contributed by atoms with Crippen molar-refractivity contribution in [2.24, 2.45) is 0 Å². The van der Waals surface area contributed by atoms with Gasteiger partial charge in [-0.25, -0.2) is 0 Å². The molecule has 1 aromatic heterocycles. The number of nitrogens with zero attached hydrogens (tertiary/aromatic N) is 1. The van der Waals surface area contributed by atoms with Crippen molar-refractivity contribution < 1.29 is 9.21 Å². The topological polar surface area (TPSA) is 66.0 Å². The smallest absolute Gasteiger partial charge is 0.262 e. The van der Waals surface area contributed by atoms with Gasteiger partial charge in [0.25, 0.3) is 5.91 Å². The summed E-state index contributed by atoms with van der Waals surface area (Å²) in [6, 6.07) is 20.5. The Balaban J connectivity index is 1.71. The van der Waals surface area contributed by atoms with Gasteiger partial charge in [-0.15, -0.1) is 0 Å². The Bertz CT molecular complexity index is 1040. The zero-order chi connectivity index (χ0) is 19.9. The standard InChI is InChI=1S/C21H14BrClN2O2S/c22-19-11-17(27-21(19)28-18-8-6-16(23)7-9-18)10-15(12-24)20(26)25-13-14-4-2-1-3-5-14/h1-11H,13H2,(H,25,26)/b15-10-. The van der Waals surface area contributed by atoms with Crippen LogP contribution in [0.5, 0.6) is 0 Å². The lowest BCUT2D eigenvalue weighted by atomic mass is 10.2. The van der Waals surface area contributed by atoms with Gasteiger partial charge in [-0.2, -0.15) is 5.26 Å². The molecule has 0 aliphatic heterocycles. The normalized spacial score (nSPS) is 11.1. The van der Waals surface area contributed by atoms with E-state index in [0.717, 1.165) is 14.9 Å². The molecule has 140 valence electrons. The fourth-order valence-electron chi connectivity index (χ4n) is 2.28. The predicted molar refractivity (Wildman–Crippen MR) is 114 cm³/mol. The minimum atomic E-state index is -0.453. The molecule has 1 amide bonds. The second-order valence-corrected chi connectivity index (χ2v) is 8.02. The molecule has 0 bridgehead atoms. The monoisotopic (exact) mass is 472 g/mol. The number of benzene rings is 2. The van der Waals surface area contributed by atoms with Crippen LogP contribution in [0.4, 0.5) is 0 Å². The number of rotatable bonds is 6. The molecule has 0 aliphatic carbocycles. The zero-order valence-corrected chi connectivity index (χ0v) is 17.6. The summed E-state index contributed by atoms with van der Waals surface area (Å²) in [6.45, 7) is 0.345. The second-order valence-electron chi connectivity index (χ2n) is 5.68. The molecule has 7 heteroatoms. The minimum Gasteiger partial charge on any atom is -0.449 e. The van der Waals surface area contributed by atoms with E-state index in [1.54, 1.807) is 18.2 Å². The highest BCUT2D eigenvalue weighted by atomic mass is 79.9. The van der Waals surface area contributed by atoms with Gasteiger partial charge in [-0.3, -0.25) is 4.79 Å². The van der Waals surface area contributed by atoms with Crippen LogP contribution in [0.25, 0.3) is 6.08 Å². The van der Waals surface area contributed by atoms with E-state index in [1.807, 2.05) is 48.5 Å². The molecule has 0 atom stereocenters. The molecule has 0 unspecified atom stereocenters. The van der Waals surface area contributed by atoms with E-state index in [9.17, 15) is 10.1 Å². The van der Waals surface area contributed by atoms with Crippen molar-refractivity contribution in [2.45, 2.75) is 16.5 Å². The van der Waals surface area contributed by atoms with Gasteiger partial charge in [0.05, 0.1) is 4.47 Å². The van der Waals surface area contributed by atoms with Crippen LogP contribution >= 0.6 is 39.3 Å². The number of amides is 1. The average molecular weight is 474 g/mol. The SMILES string of the molecule is N#C/C(=C/c1cc(Br)c(Sc2ccc(Cl)cc2)o1)C(=O)NCc1ccccc1. The van der Waals surface area contributed by atoms with E-state index < -0.39 is 5.91 Å². The number of carbonyl (C=O) groups is 1. The maximum absolute atomic E-state index is 12.3. The average Bonchev–Trinajstić information content (AvgIpc) is 3.05. The van der Waals surface area contributed by atoms with Gasteiger partial charge in [0.15, 0.2) is 5.09 Å². The van der Waals surface area contributed by atoms with Crippen molar-refractivity contribution in [1.29, 1.82) is 5.26 Å². The summed E-state index contributed by atoms with van der Waals surface area (Å²) in [7, 11) is 0. The van der Waals surface area contributed by atoms with Gasteiger partial charge in [0.2, 0.25) is 0 Å². The van der Waals surface area contributed by atoms with Gasteiger partial charge in [-0.1, -0.05) is 53.7 Å². The van der Waals surface area contributed by atoms with Crippen LogP contribution < -0.4 is 5.32 Å². The van der Waals surface area contributed by atoms with Crippen molar-refractivity contribution in [3.63, 3.8) is 0 Å². The first-order valence-corrected chi connectivity index (χ1v) is 10.2. The summed E-state index contributed by atoms with van der Waals surface area (Å²) in [5.41, 5.74) is 0.927. The quantitative estimate of drug-likeness (QED) is 0.348. The molecule has 0 spiro atoms. The van der Waals surface area contributed by atoms with E-state index in [4.69, 9.17) is 16.0 Å². The number of nitrogens with one attached hydrogen (secondary N) is 1. The van der Waals surface area contributed by atoms with Gasteiger partial charge in [-0.05, 0) is 51.8 Å². The Morgan fingerprint density at radius 2 is 1.93 bits per heavy atom. The molecule has 0 fully saturated rings. The summed E-state index contributed by atoms with van der Waals surface area (Å²) in [5, 5.41) is 13.4. The van der Waals surface area contributed by atoms with Crippen LogP contribution in [0.15, 0.2) is 85.1 Å². The van der Waals surface area contributed by atoms with E-state index in [0.29, 0.717) is 22.4 Å². The highest BCUT2D eigenvalue weighted by Crippen LogP contribution is 2.36. The Morgan fingerprint density at radius 3 is 2.61 bits per heavy atom. The summed E-state index contributed by atoms with van der Waals surface area (Å²) in [6.07, 6.45) is 1.43. The lowest BCUT2D eigenvalue weighted by Crippen LogP contribution is -2.23. The number of halogens is 2. The molecule has 3 aromatic rings. The minimum absolute atomic E-state index is 0.0276. The maximum atomic E-state index is 12.3. The number of carbonyl (C=O) groups excluding carboxylic acids is 1. The molecule has 0 radical (unpaired) electrons. The molecule has 1 N–H and O–H groups in total. The predicted octanol–water partition coefficient (Wildman–Crippen LogP) is 6.07. The molecule has 1 heterocycles. The van der Waals surface area contributed by atoms with Gasteiger partial charge < -0.3 is 9.73 Å². The highest BCUT2D eigenvalue weighted by molar-refractivity contribution is 9.10. The summed E-state index contributed by atoms with van der Waals surface area (Å²) in [4.78, 5) is 13.2. The first-order valence-electron chi connectivity index (χ1n) is 8.22. The van der Waals surface area contributed by atoms with Crippen molar-refractivity contribution in [3.8, 4) is 6.07 Å². The van der Waals surface area contributed by atoms with Crippen LogP contribution in [-0.2, 0) is 11.3 Å². The highest BCUT2D eigenvalue weighted by Gasteiger charge is 2.13. The lowest BCUT2D eigenvalue weighted by Gasteiger charge is -2.03. The second kappa shape index (κ2) is 9.65. The van der Waals surface area contributed by atoms with Crippen molar-refractivity contribution in [2.75, 3.05) is 0 Å². The summed E-state index contributed by atoms with van der Waals surface area (Å²) >= 11 is 10.8. The van der Waals surface area contributed by atoms with Crippen LogP contribution in [0.3, 0.4) is 0 Å². The first-order chi connectivity index (χ1) is 13.5. The Hall–Kier alpha value is -2.46. The van der Waals surface area contributed by atoms with Crippen LogP contribution in [0.1, 0.15) is 11.3 Å². The largest absolute Gasteiger partial charge is 0.449 e. The van der Waals surface area contributed by atoms with Crippen LogP contribution in [0.2, 0.25) is 5.02 Å². The Kier molecular flexibility index (Phi) is 6.99. The zero-order valence-electron chi connectivity index (χ0n) is 14.5. The van der Waals surface area contributed by atoms with Gasteiger partial charge in [0.1, 0.15) is 17.4 Å². The first kappa shape index (κ1) is 20.3.